The number of anilines is 1. The summed E-state index contributed by atoms with van der Waals surface area (Å²) in [5, 5.41) is 5.80. The van der Waals surface area contributed by atoms with Crippen LogP contribution in [0.4, 0.5) is 5.69 Å². The number of carbonyl (C=O) groups is 2. The van der Waals surface area contributed by atoms with Gasteiger partial charge in [-0.1, -0.05) is 55.3 Å². The van der Waals surface area contributed by atoms with E-state index in [2.05, 4.69) is 10.6 Å². The Morgan fingerprint density at radius 1 is 1.18 bits per heavy atom. The maximum Gasteiger partial charge on any atom is 0.339 e. The lowest BCUT2D eigenvalue weighted by atomic mass is 10.2. The number of nitrogens with one attached hydrogen (secondary N) is 2. The van der Waals surface area contributed by atoms with Gasteiger partial charge in [-0.05, 0) is 48.5 Å². The van der Waals surface area contributed by atoms with Gasteiger partial charge in [0.25, 0.3) is 0 Å². The predicted molar refractivity (Wildman–Crippen MR) is 116 cm³/mol. The smallest absolute Gasteiger partial charge is 0.339 e. The molecular weight excluding hydrogens is 396 g/mol. The first-order valence-electron chi connectivity index (χ1n) is 8.81. The summed E-state index contributed by atoms with van der Waals surface area (Å²) >= 11 is 11.2. The Kier molecular flexibility index (Phi) is 8.65. The molecule has 0 aliphatic heterocycles. The largest absolute Gasteiger partial charge is 0.462 e. The summed E-state index contributed by atoms with van der Waals surface area (Å²) < 4.78 is 5.18. The number of thiocarbonyl (C=S) groups is 1. The summed E-state index contributed by atoms with van der Waals surface area (Å²) in [6, 6.07) is 14.2. The fourth-order valence-corrected chi connectivity index (χ4v) is 2.61. The maximum absolute atomic E-state index is 12.1. The van der Waals surface area contributed by atoms with Gasteiger partial charge >= 0.3 is 5.97 Å². The van der Waals surface area contributed by atoms with Gasteiger partial charge in [-0.2, -0.15) is 0 Å². The molecule has 0 unspecified atom stereocenters. The van der Waals surface area contributed by atoms with E-state index in [1.54, 1.807) is 18.2 Å². The highest BCUT2D eigenvalue weighted by Crippen LogP contribution is 2.21. The van der Waals surface area contributed by atoms with Gasteiger partial charge in [0, 0.05) is 11.8 Å². The van der Waals surface area contributed by atoms with Gasteiger partial charge in [0.15, 0.2) is 5.11 Å². The fraction of sp³-hybridized carbons (Fsp3) is 0.190. The quantitative estimate of drug-likeness (QED) is 0.293. The highest BCUT2D eigenvalue weighted by atomic mass is 35.5. The number of esters is 1. The zero-order valence-corrected chi connectivity index (χ0v) is 17.0. The Balaban J connectivity index is 1.94. The molecule has 0 heterocycles. The molecule has 0 aliphatic rings. The molecule has 28 heavy (non-hydrogen) atoms. The predicted octanol–water partition coefficient (Wildman–Crippen LogP) is 4.82. The van der Waals surface area contributed by atoms with Crippen LogP contribution in [-0.2, 0) is 9.53 Å². The number of ether oxygens (including phenoxy) is 1. The highest BCUT2D eigenvalue weighted by Gasteiger charge is 2.13. The molecule has 0 saturated carbocycles. The maximum atomic E-state index is 12.1. The standard InChI is InChI=1S/C21H21ClN2O3S/c1-2-3-13-27-20(26)17-14-16(10-11-18(17)22)23-21(28)24-19(25)12-9-15-7-5-4-6-8-15/h4-12,14H,2-3,13H2,1H3,(H2,23,24,25,28)/b12-9+. The van der Waals surface area contributed by atoms with Crippen molar-refractivity contribution in [2.75, 3.05) is 11.9 Å². The molecule has 0 atom stereocenters. The van der Waals surface area contributed by atoms with E-state index in [1.807, 2.05) is 37.3 Å². The van der Waals surface area contributed by atoms with Gasteiger partial charge in [0.05, 0.1) is 17.2 Å². The van der Waals surface area contributed by atoms with Gasteiger partial charge in [-0.3, -0.25) is 10.1 Å². The van der Waals surface area contributed by atoms with Crippen LogP contribution in [0.3, 0.4) is 0 Å². The molecule has 0 fully saturated rings. The van der Waals surface area contributed by atoms with Gasteiger partial charge in [-0.25, -0.2) is 4.79 Å². The molecule has 7 heteroatoms. The van der Waals surface area contributed by atoms with E-state index in [-0.39, 0.29) is 21.6 Å². The van der Waals surface area contributed by atoms with Crippen molar-refractivity contribution in [3.05, 3.63) is 70.8 Å². The normalized spacial score (nSPS) is 10.5. The summed E-state index contributed by atoms with van der Waals surface area (Å²) in [6.07, 6.45) is 4.79. The van der Waals surface area contributed by atoms with Gasteiger partial charge in [0.1, 0.15) is 0 Å². The van der Waals surface area contributed by atoms with Crippen molar-refractivity contribution in [2.24, 2.45) is 0 Å². The van der Waals surface area contributed by atoms with Crippen LogP contribution in [0.5, 0.6) is 0 Å². The lowest BCUT2D eigenvalue weighted by molar-refractivity contribution is -0.115. The number of benzene rings is 2. The molecule has 0 spiro atoms. The molecule has 1 amide bonds. The second-order valence-electron chi connectivity index (χ2n) is 5.87. The average molecular weight is 417 g/mol. The SMILES string of the molecule is CCCCOC(=O)c1cc(NC(=S)NC(=O)/C=C/c2ccccc2)ccc1Cl. The number of unbranched alkanes of at least 4 members (excludes halogenated alkanes) is 1. The molecule has 0 aliphatic carbocycles. The Morgan fingerprint density at radius 2 is 1.93 bits per heavy atom. The van der Waals surface area contributed by atoms with Crippen molar-refractivity contribution in [2.45, 2.75) is 19.8 Å². The van der Waals surface area contributed by atoms with E-state index >= 15 is 0 Å². The van der Waals surface area contributed by atoms with Crippen molar-refractivity contribution in [1.29, 1.82) is 0 Å². The second-order valence-corrected chi connectivity index (χ2v) is 6.69. The Hall–Kier alpha value is -2.70. The minimum atomic E-state index is -0.497. The summed E-state index contributed by atoms with van der Waals surface area (Å²) in [4.78, 5) is 24.1. The number of halogens is 1. The van der Waals surface area contributed by atoms with Crippen LogP contribution in [0.1, 0.15) is 35.7 Å². The fourth-order valence-electron chi connectivity index (χ4n) is 2.20. The molecular formula is C21H21ClN2O3S. The van der Waals surface area contributed by atoms with E-state index in [9.17, 15) is 9.59 Å². The minimum absolute atomic E-state index is 0.107. The Bertz CT molecular complexity index is 869. The van der Waals surface area contributed by atoms with E-state index in [4.69, 9.17) is 28.6 Å². The summed E-state index contributed by atoms with van der Waals surface area (Å²) in [5.41, 5.74) is 1.66. The van der Waals surface area contributed by atoms with Gasteiger partial charge in [-0.15, -0.1) is 0 Å². The van der Waals surface area contributed by atoms with Gasteiger partial charge < -0.3 is 10.1 Å². The van der Waals surface area contributed by atoms with Crippen LogP contribution in [0.25, 0.3) is 6.08 Å². The molecule has 0 saturated heterocycles. The lowest BCUT2D eigenvalue weighted by Gasteiger charge is -2.11. The first-order valence-corrected chi connectivity index (χ1v) is 9.60. The van der Waals surface area contributed by atoms with E-state index in [0.717, 1.165) is 18.4 Å². The highest BCUT2D eigenvalue weighted by molar-refractivity contribution is 7.80. The first kappa shape index (κ1) is 21.6. The van der Waals surface area contributed by atoms with E-state index in [1.165, 1.54) is 12.1 Å². The third kappa shape index (κ3) is 7.13. The zero-order chi connectivity index (χ0) is 20.4. The average Bonchev–Trinajstić information content (AvgIpc) is 2.68. The van der Waals surface area contributed by atoms with Crippen LogP contribution in [0.15, 0.2) is 54.6 Å². The van der Waals surface area contributed by atoms with E-state index < -0.39 is 5.97 Å². The molecule has 2 aromatic carbocycles. The monoisotopic (exact) mass is 416 g/mol. The molecule has 0 aromatic heterocycles. The van der Waals surface area contributed by atoms with Crippen molar-refractivity contribution in [1.82, 2.24) is 5.32 Å². The molecule has 2 rings (SSSR count). The zero-order valence-electron chi connectivity index (χ0n) is 15.4. The summed E-state index contributed by atoms with van der Waals surface area (Å²) in [6.45, 7) is 2.35. The van der Waals surface area contributed by atoms with Crippen LogP contribution >= 0.6 is 23.8 Å². The molecule has 2 N–H and O–H groups in total. The number of amides is 1. The molecule has 146 valence electrons. The third-order valence-corrected chi connectivity index (χ3v) is 4.17. The summed E-state index contributed by atoms with van der Waals surface area (Å²) in [5.74, 6) is -0.864. The van der Waals surface area contributed by atoms with Crippen molar-refractivity contribution < 1.29 is 14.3 Å². The molecule has 0 bridgehead atoms. The topological polar surface area (TPSA) is 67.4 Å². The van der Waals surface area contributed by atoms with Crippen LogP contribution in [0, 0.1) is 0 Å². The van der Waals surface area contributed by atoms with Crippen molar-refractivity contribution in [3.63, 3.8) is 0 Å². The molecule has 2 aromatic rings. The Labute approximate surface area is 174 Å². The second kappa shape index (κ2) is 11.2. The van der Waals surface area contributed by atoms with Crippen LogP contribution < -0.4 is 10.6 Å². The minimum Gasteiger partial charge on any atom is -0.462 e. The van der Waals surface area contributed by atoms with E-state index in [0.29, 0.717) is 12.3 Å². The van der Waals surface area contributed by atoms with Gasteiger partial charge in [0.2, 0.25) is 5.91 Å². The van der Waals surface area contributed by atoms with Crippen LogP contribution in [-0.4, -0.2) is 23.6 Å². The van der Waals surface area contributed by atoms with Crippen molar-refractivity contribution in [3.8, 4) is 0 Å². The first-order chi connectivity index (χ1) is 13.5. The Morgan fingerprint density at radius 3 is 2.64 bits per heavy atom. The van der Waals surface area contributed by atoms with Crippen LogP contribution in [0.2, 0.25) is 5.02 Å². The third-order valence-electron chi connectivity index (χ3n) is 3.64. The summed E-state index contributed by atoms with van der Waals surface area (Å²) in [7, 11) is 0. The lowest BCUT2D eigenvalue weighted by Crippen LogP contribution is -2.32. The molecule has 5 nitrogen and oxygen atoms in total. The van der Waals surface area contributed by atoms with Crippen molar-refractivity contribution >= 4 is 52.6 Å². The number of carbonyl (C=O) groups excluding carboxylic acids is 2. The number of hydrogen-bond acceptors (Lipinski definition) is 4. The molecule has 0 radical (unpaired) electrons. The number of rotatable bonds is 7. The number of hydrogen-bond donors (Lipinski definition) is 2.